The fourth-order valence-electron chi connectivity index (χ4n) is 1.60. The van der Waals surface area contributed by atoms with Gasteiger partial charge in [0.15, 0.2) is 5.15 Å². The van der Waals surface area contributed by atoms with Crippen molar-refractivity contribution in [3.63, 3.8) is 0 Å². The van der Waals surface area contributed by atoms with Crippen molar-refractivity contribution in [2.45, 2.75) is 19.9 Å². The molecule has 19 heavy (non-hydrogen) atoms. The molecule has 0 spiro atoms. The first-order valence-electron chi connectivity index (χ1n) is 5.61. The molecule has 0 aromatic carbocycles. The summed E-state index contributed by atoms with van der Waals surface area (Å²) in [5.74, 6) is -0.224. The molecule has 1 atom stereocenters. The largest absolute Gasteiger partial charge is 0.321 e. The average Bonchev–Trinajstić information content (AvgIpc) is 2.86. The smallest absolute Gasteiger partial charge is 0.249 e. The van der Waals surface area contributed by atoms with E-state index in [-0.39, 0.29) is 11.1 Å². The summed E-state index contributed by atoms with van der Waals surface area (Å²) in [6, 6.07) is 2.95. The highest BCUT2D eigenvalue weighted by atomic mass is 35.5. The molecule has 2 rings (SSSR count). The van der Waals surface area contributed by atoms with E-state index in [9.17, 15) is 4.79 Å². The molecule has 0 aliphatic rings. The zero-order valence-electron chi connectivity index (χ0n) is 10.4. The number of halogens is 2. The second-order valence-electron chi connectivity index (χ2n) is 4.08. The number of pyridine rings is 1. The van der Waals surface area contributed by atoms with Crippen molar-refractivity contribution in [1.29, 1.82) is 0 Å². The number of anilines is 1. The molecule has 1 unspecified atom stereocenters. The SMILES string of the molecule is Cc1cc(Cl)nc(Cl)c1NC(=O)C(C)n1cccn1. The Balaban J connectivity index is 2.20. The zero-order chi connectivity index (χ0) is 14.0. The third kappa shape index (κ3) is 3.05. The van der Waals surface area contributed by atoms with E-state index in [2.05, 4.69) is 15.4 Å². The highest BCUT2D eigenvalue weighted by Crippen LogP contribution is 2.27. The molecule has 7 heteroatoms. The molecule has 0 bridgehead atoms. The Morgan fingerprint density at radius 2 is 2.21 bits per heavy atom. The van der Waals surface area contributed by atoms with Gasteiger partial charge in [-0.05, 0) is 31.5 Å². The van der Waals surface area contributed by atoms with Crippen LogP contribution in [0.5, 0.6) is 0 Å². The highest BCUT2D eigenvalue weighted by molar-refractivity contribution is 6.34. The Morgan fingerprint density at radius 3 is 2.79 bits per heavy atom. The Labute approximate surface area is 120 Å². The summed E-state index contributed by atoms with van der Waals surface area (Å²) in [6.45, 7) is 3.54. The standard InChI is InChI=1S/C12H12Cl2N4O/c1-7-6-9(13)16-11(14)10(7)17-12(19)8(2)18-5-3-4-15-18/h3-6,8H,1-2H3,(H,17,19). The maximum absolute atomic E-state index is 12.1. The van der Waals surface area contributed by atoms with E-state index in [1.807, 2.05) is 0 Å². The normalized spacial score (nSPS) is 12.2. The van der Waals surface area contributed by atoms with Crippen LogP contribution in [-0.2, 0) is 4.79 Å². The number of aryl methyl sites for hydroxylation is 1. The van der Waals surface area contributed by atoms with Crippen LogP contribution in [0.3, 0.4) is 0 Å². The fourth-order valence-corrected chi connectivity index (χ4v) is 2.18. The number of nitrogens with zero attached hydrogens (tertiary/aromatic N) is 3. The van der Waals surface area contributed by atoms with Gasteiger partial charge in [-0.15, -0.1) is 0 Å². The number of hydrogen-bond donors (Lipinski definition) is 1. The minimum Gasteiger partial charge on any atom is -0.321 e. The van der Waals surface area contributed by atoms with Crippen LogP contribution in [0.15, 0.2) is 24.5 Å². The van der Waals surface area contributed by atoms with E-state index in [0.717, 1.165) is 5.56 Å². The maximum atomic E-state index is 12.1. The van der Waals surface area contributed by atoms with Gasteiger partial charge in [-0.3, -0.25) is 9.48 Å². The summed E-state index contributed by atoms with van der Waals surface area (Å²) in [5.41, 5.74) is 1.22. The van der Waals surface area contributed by atoms with Gasteiger partial charge in [0, 0.05) is 12.4 Å². The van der Waals surface area contributed by atoms with Crippen LogP contribution >= 0.6 is 23.2 Å². The number of carbonyl (C=O) groups is 1. The fraction of sp³-hybridized carbons (Fsp3) is 0.250. The summed E-state index contributed by atoms with van der Waals surface area (Å²) in [5, 5.41) is 7.23. The van der Waals surface area contributed by atoms with Gasteiger partial charge in [0.2, 0.25) is 5.91 Å². The molecular weight excluding hydrogens is 287 g/mol. The third-order valence-electron chi connectivity index (χ3n) is 2.69. The first kappa shape index (κ1) is 13.8. The van der Waals surface area contributed by atoms with E-state index in [1.165, 1.54) is 0 Å². The molecular formula is C12H12Cl2N4O. The molecule has 100 valence electrons. The van der Waals surface area contributed by atoms with Gasteiger partial charge in [0.05, 0.1) is 5.69 Å². The number of nitrogens with one attached hydrogen (secondary N) is 1. The van der Waals surface area contributed by atoms with Crippen molar-refractivity contribution in [2.24, 2.45) is 0 Å². The molecule has 2 heterocycles. The van der Waals surface area contributed by atoms with Crippen LogP contribution in [0.2, 0.25) is 10.3 Å². The second-order valence-corrected chi connectivity index (χ2v) is 4.82. The van der Waals surface area contributed by atoms with Gasteiger partial charge in [-0.25, -0.2) is 4.98 Å². The lowest BCUT2D eigenvalue weighted by Crippen LogP contribution is -2.24. The second kappa shape index (κ2) is 5.59. The number of aromatic nitrogens is 3. The molecule has 5 nitrogen and oxygen atoms in total. The molecule has 0 saturated heterocycles. The molecule has 1 N–H and O–H groups in total. The summed E-state index contributed by atoms with van der Waals surface area (Å²) >= 11 is 11.8. The van der Waals surface area contributed by atoms with E-state index in [0.29, 0.717) is 10.8 Å². The van der Waals surface area contributed by atoms with Gasteiger partial charge in [0.25, 0.3) is 0 Å². The van der Waals surface area contributed by atoms with Gasteiger partial charge < -0.3 is 5.32 Å². The van der Waals surface area contributed by atoms with E-state index in [1.54, 1.807) is 43.1 Å². The lowest BCUT2D eigenvalue weighted by atomic mass is 10.2. The molecule has 1 amide bonds. The van der Waals surface area contributed by atoms with Crippen molar-refractivity contribution in [2.75, 3.05) is 5.32 Å². The minimum atomic E-state index is -0.443. The molecule has 2 aromatic heterocycles. The average molecular weight is 299 g/mol. The van der Waals surface area contributed by atoms with E-state index >= 15 is 0 Å². The first-order valence-corrected chi connectivity index (χ1v) is 6.37. The van der Waals surface area contributed by atoms with Crippen LogP contribution in [0, 0.1) is 6.92 Å². The van der Waals surface area contributed by atoms with Crippen LogP contribution in [0.4, 0.5) is 5.69 Å². The number of carbonyl (C=O) groups excluding carboxylic acids is 1. The highest BCUT2D eigenvalue weighted by Gasteiger charge is 2.18. The molecule has 0 saturated carbocycles. The minimum absolute atomic E-state index is 0.172. The summed E-state index contributed by atoms with van der Waals surface area (Å²) in [7, 11) is 0. The zero-order valence-corrected chi connectivity index (χ0v) is 11.9. The maximum Gasteiger partial charge on any atom is 0.249 e. The lowest BCUT2D eigenvalue weighted by molar-refractivity contribution is -0.119. The van der Waals surface area contributed by atoms with Crippen molar-refractivity contribution in [3.05, 3.63) is 40.4 Å². The Hall–Kier alpha value is -1.59. The monoisotopic (exact) mass is 298 g/mol. The van der Waals surface area contributed by atoms with Gasteiger partial charge in [0.1, 0.15) is 11.2 Å². The van der Waals surface area contributed by atoms with Crippen molar-refractivity contribution < 1.29 is 4.79 Å². The number of hydrogen-bond acceptors (Lipinski definition) is 3. The van der Waals surface area contributed by atoms with Gasteiger partial charge in [-0.2, -0.15) is 5.10 Å². The quantitative estimate of drug-likeness (QED) is 0.886. The van der Waals surface area contributed by atoms with Crippen LogP contribution in [0.25, 0.3) is 0 Å². The Kier molecular flexibility index (Phi) is 4.07. The number of rotatable bonds is 3. The van der Waals surface area contributed by atoms with E-state index < -0.39 is 6.04 Å². The summed E-state index contributed by atoms with van der Waals surface area (Å²) in [4.78, 5) is 16.0. The lowest BCUT2D eigenvalue weighted by Gasteiger charge is -2.15. The van der Waals surface area contributed by atoms with Gasteiger partial charge in [-0.1, -0.05) is 23.2 Å². The topological polar surface area (TPSA) is 59.8 Å². The number of amides is 1. The first-order chi connectivity index (χ1) is 8.99. The molecule has 2 aromatic rings. The van der Waals surface area contributed by atoms with Crippen molar-refractivity contribution in [1.82, 2.24) is 14.8 Å². The van der Waals surface area contributed by atoms with E-state index in [4.69, 9.17) is 23.2 Å². The third-order valence-corrected chi connectivity index (χ3v) is 3.16. The van der Waals surface area contributed by atoms with Crippen molar-refractivity contribution >= 4 is 34.8 Å². The molecule has 0 radical (unpaired) electrons. The predicted molar refractivity (Wildman–Crippen MR) is 74.6 cm³/mol. The summed E-state index contributed by atoms with van der Waals surface area (Å²) in [6.07, 6.45) is 3.34. The van der Waals surface area contributed by atoms with Crippen molar-refractivity contribution in [3.8, 4) is 0 Å². The Bertz CT molecular complexity index is 575. The van der Waals surface area contributed by atoms with Crippen LogP contribution < -0.4 is 5.32 Å². The molecule has 0 aliphatic carbocycles. The van der Waals surface area contributed by atoms with Crippen LogP contribution in [-0.4, -0.2) is 20.7 Å². The predicted octanol–water partition coefficient (Wildman–Crippen LogP) is 3.09. The summed E-state index contributed by atoms with van der Waals surface area (Å²) < 4.78 is 1.56. The molecule has 0 aliphatic heterocycles. The molecule has 0 fully saturated rings. The van der Waals surface area contributed by atoms with Gasteiger partial charge >= 0.3 is 0 Å². The van der Waals surface area contributed by atoms with Crippen LogP contribution in [0.1, 0.15) is 18.5 Å². The Morgan fingerprint density at radius 1 is 1.47 bits per heavy atom.